The molecule has 12 heteroatoms. The lowest BCUT2D eigenvalue weighted by Crippen LogP contribution is -2.59. The van der Waals surface area contributed by atoms with Crippen LogP contribution in [-0.2, 0) is 33.4 Å². The molecule has 1 spiro atoms. The van der Waals surface area contributed by atoms with Crippen molar-refractivity contribution in [3.05, 3.63) is 25.3 Å². The van der Waals surface area contributed by atoms with Gasteiger partial charge in [-0.05, 0) is 32.6 Å². The van der Waals surface area contributed by atoms with Crippen LogP contribution in [0.5, 0.6) is 0 Å². The van der Waals surface area contributed by atoms with Crippen molar-refractivity contribution in [2.24, 2.45) is 11.8 Å². The Morgan fingerprint density at radius 2 is 2.00 bits per heavy atom. The number of aliphatic hydroxyl groups is 1. The van der Waals surface area contributed by atoms with Crippen LogP contribution in [0.2, 0.25) is 0 Å². The fourth-order valence-corrected chi connectivity index (χ4v) is 7.05. The molecule has 4 rings (SSSR count). The molecule has 0 aromatic heterocycles. The number of carbonyl (C=O) groups is 4. The van der Waals surface area contributed by atoms with E-state index in [4.69, 9.17) is 14.2 Å². The normalized spacial score (nSPS) is 29.6. The first-order valence-corrected chi connectivity index (χ1v) is 15.6. The number of rotatable bonds is 16. The average molecular weight is 605 g/mol. The summed E-state index contributed by atoms with van der Waals surface area (Å²) in [5.41, 5.74) is -1.19. The van der Waals surface area contributed by atoms with Crippen LogP contribution in [-0.4, -0.2) is 132 Å². The summed E-state index contributed by atoms with van der Waals surface area (Å²) in [5, 5.41) is 13.0. The van der Waals surface area contributed by atoms with Gasteiger partial charge in [0, 0.05) is 39.1 Å². The van der Waals surface area contributed by atoms with Gasteiger partial charge in [0.2, 0.25) is 17.7 Å². The third-order valence-electron chi connectivity index (χ3n) is 9.25. The van der Waals surface area contributed by atoms with Crippen molar-refractivity contribution in [1.29, 1.82) is 0 Å². The third-order valence-corrected chi connectivity index (χ3v) is 9.25. The van der Waals surface area contributed by atoms with Gasteiger partial charge in [0.05, 0.1) is 50.3 Å². The van der Waals surface area contributed by atoms with Crippen molar-refractivity contribution >= 4 is 23.7 Å². The number of nitrogens with zero attached hydrogens (tertiary/aromatic N) is 3. The molecule has 0 aromatic rings. The molecule has 2 N–H and O–H groups in total. The number of ether oxygens (including phenoxy) is 3. The molecular formula is C31H48N4O8. The minimum Gasteiger partial charge on any atom is -0.460 e. The number of amides is 3. The number of likely N-dealkylation sites (tertiary alicyclic amines) is 1. The van der Waals surface area contributed by atoms with Crippen molar-refractivity contribution in [3.63, 3.8) is 0 Å². The first-order chi connectivity index (χ1) is 20.7. The molecule has 4 heterocycles. The first kappa shape index (κ1) is 33.1. The molecule has 12 nitrogen and oxygen atoms in total. The van der Waals surface area contributed by atoms with Crippen LogP contribution in [0.25, 0.3) is 0 Å². The molecule has 0 aliphatic carbocycles. The zero-order valence-corrected chi connectivity index (χ0v) is 25.6. The quantitative estimate of drug-likeness (QED) is 0.191. The van der Waals surface area contributed by atoms with E-state index in [2.05, 4.69) is 23.4 Å². The lowest BCUT2D eigenvalue weighted by atomic mass is 9.70. The molecule has 0 aromatic carbocycles. The number of aliphatic hydroxyl groups excluding tert-OH is 1. The number of esters is 1. The SMILES string of the molecule is C=CCCC(=O)NC[C@@H](C)OC(=O)[C@@H]1[C@@H]2CC[C@]3(O2)[C@H](C(=O)N(CC=C)CCN2CCOCC2)N([C@@H](CC)CO)C(=O)[C@@H]13. The van der Waals surface area contributed by atoms with Crippen LogP contribution < -0.4 is 5.32 Å². The summed E-state index contributed by atoms with van der Waals surface area (Å²) in [6.07, 6.45) is 4.40. The average Bonchev–Trinajstić information content (AvgIpc) is 3.65. The van der Waals surface area contributed by atoms with E-state index in [0.717, 1.165) is 13.1 Å². The fraction of sp³-hybridized carbons (Fsp3) is 0.742. The van der Waals surface area contributed by atoms with Gasteiger partial charge in [0.1, 0.15) is 17.7 Å². The van der Waals surface area contributed by atoms with E-state index in [1.54, 1.807) is 24.0 Å². The van der Waals surface area contributed by atoms with Crippen molar-refractivity contribution < 1.29 is 38.5 Å². The molecule has 4 aliphatic rings. The summed E-state index contributed by atoms with van der Waals surface area (Å²) in [4.78, 5) is 59.6. The number of hydrogen-bond donors (Lipinski definition) is 2. The van der Waals surface area contributed by atoms with Crippen molar-refractivity contribution in [2.45, 2.75) is 75.8 Å². The predicted octanol–water partition coefficient (Wildman–Crippen LogP) is 0.493. The second-order valence-electron chi connectivity index (χ2n) is 12.0. The third kappa shape index (κ3) is 6.82. The van der Waals surface area contributed by atoms with Gasteiger partial charge in [-0.2, -0.15) is 0 Å². The molecule has 7 atom stereocenters. The van der Waals surface area contributed by atoms with Gasteiger partial charge < -0.3 is 34.4 Å². The molecule has 4 saturated heterocycles. The van der Waals surface area contributed by atoms with Crippen LogP contribution in [0, 0.1) is 11.8 Å². The lowest BCUT2D eigenvalue weighted by molar-refractivity contribution is -0.160. The zero-order valence-electron chi connectivity index (χ0n) is 25.6. The largest absolute Gasteiger partial charge is 0.460 e. The number of fused-ring (bicyclic) bond motifs is 1. The van der Waals surface area contributed by atoms with Gasteiger partial charge in [-0.1, -0.05) is 19.1 Å². The van der Waals surface area contributed by atoms with E-state index in [9.17, 15) is 24.3 Å². The zero-order chi connectivity index (χ0) is 31.1. The Bertz CT molecular complexity index is 1040. The molecule has 3 amide bonds. The highest BCUT2D eigenvalue weighted by molar-refractivity contribution is 5.98. The van der Waals surface area contributed by atoms with Gasteiger partial charge >= 0.3 is 5.97 Å². The van der Waals surface area contributed by atoms with E-state index in [1.807, 2.05) is 6.92 Å². The lowest BCUT2D eigenvalue weighted by Gasteiger charge is -2.39. The summed E-state index contributed by atoms with van der Waals surface area (Å²) >= 11 is 0. The molecule has 0 saturated carbocycles. The Kier molecular flexibility index (Phi) is 11.4. The monoisotopic (exact) mass is 604 g/mol. The van der Waals surface area contributed by atoms with E-state index in [1.165, 1.54) is 4.90 Å². The molecule has 0 radical (unpaired) electrons. The van der Waals surface area contributed by atoms with Crippen LogP contribution in [0.1, 0.15) is 46.0 Å². The summed E-state index contributed by atoms with van der Waals surface area (Å²) in [6, 6.07) is -1.58. The maximum absolute atomic E-state index is 14.4. The summed E-state index contributed by atoms with van der Waals surface area (Å²) in [7, 11) is 0. The Morgan fingerprint density at radius 3 is 2.65 bits per heavy atom. The van der Waals surface area contributed by atoms with Crippen molar-refractivity contribution in [1.82, 2.24) is 20.0 Å². The molecule has 43 heavy (non-hydrogen) atoms. The number of morpholine rings is 1. The summed E-state index contributed by atoms with van der Waals surface area (Å²) in [6.45, 7) is 15.1. The highest BCUT2D eigenvalue weighted by atomic mass is 16.6. The maximum Gasteiger partial charge on any atom is 0.312 e. The standard InChI is InChI=1S/C31H48N4O8/c1-5-8-9-24(37)32-19-21(4)42-30(40)25-23-10-11-31(43-23)26(25)28(38)35(22(7-3)20-36)27(31)29(39)34(12-6-2)14-13-33-15-17-41-18-16-33/h5-6,21-23,25-27,36H,1-2,7-20H2,3-4H3,(H,32,37)/t21-,22+,23+,25-,26-,27+,31-/m1/s1. The first-order valence-electron chi connectivity index (χ1n) is 15.6. The summed E-state index contributed by atoms with van der Waals surface area (Å²) in [5.74, 6) is -3.13. The Balaban J connectivity index is 1.55. The van der Waals surface area contributed by atoms with Crippen molar-refractivity contribution in [2.75, 3.05) is 59.1 Å². The van der Waals surface area contributed by atoms with Crippen LogP contribution >= 0.6 is 0 Å². The van der Waals surface area contributed by atoms with Crippen LogP contribution in [0.15, 0.2) is 25.3 Å². The smallest absolute Gasteiger partial charge is 0.312 e. The van der Waals surface area contributed by atoms with Gasteiger partial charge in [-0.3, -0.25) is 24.1 Å². The number of hydrogen-bond acceptors (Lipinski definition) is 9. The molecule has 240 valence electrons. The maximum atomic E-state index is 14.4. The van der Waals surface area contributed by atoms with Crippen molar-refractivity contribution in [3.8, 4) is 0 Å². The molecule has 4 aliphatic heterocycles. The number of allylic oxidation sites excluding steroid dienone is 1. The van der Waals surface area contributed by atoms with E-state index in [0.29, 0.717) is 65.0 Å². The van der Waals surface area contributed by atoms with E-state index < -0.39 is 47.7 Å². The number of carbonyl (C=O) groups excluding carboxylic acids is 4. The van der Waals surface area contributed by atoms with Gasteiger partial charge in [0.25, 0.3) is 0 Å². The Labute approximate surface area is 254 Å². The number of nitrogens with one attached hydrogen (secondary N) is 1. The second-order valence-corrected chi connectivity index (χ2v) is 12.0. The van der Waals surface area contributed by atoms with Crippen LogP contribution in [0.3, 0.4) is 0 Å². The van der Waals surface area contributed by atoms with E-state index in [-0.39, 0.29) is 30.9 Å². The fourth-order valence-electron chi connectivity index (χ4n) is 7.05. The molecule has 4 fully saturated rings. The predicted molar refractivity (Wildman–Crippen MR) is 158 cm³/mol. The summed E-state index contributed by atoms with van der Waals surface area (Å²) < 4.78 is 17.7. The minimum atomic E-state index is -1.19. The van der Waals surface area contributed by atoms with Gasteiger partial charge in [-0.15, -0.1) is 13.2 Å². The topological polar surface area (TPSA) is 138 Å². The molecular weight excluding hydrogens is 556 g/mol. The molecule has 2 bridgehead atoms. The second kappa shape index (κ2) is 14.8. The Hall–Kier alpha value is -2.80. The van der Waals surface area contributed by atoms with E-state index >= 15 is 0 Å². The minimum absolute atomic E-state index is 0.138. The van der Waals surface area contributed by atoms with Crippen LogP contribution in [0.4, 0.5) is 0 Å². The Morgan fingerprint density at radius 1 is 1.26 bits per heavy atom. The van der Waals surface area contributed by atoms with Gasteiger partial charge in [-0.25, -0.2) is 0 Å². The molecule has 0 unspecified atom stereocenters. The highest BCUT2D eigenvalue weighted by Gasteiger charge is 2.75. The van der Waals surface area contributed by atoms with Gasteiger partial charge in [0.15, 0.2) is 0 Å². The highest BCUT2D eigenvalue weighted by Crippen LogP contribution is 2.59.